The number of hydrogen-bond acceptors (Lipinski definition) is 2. The minimum absolute atomic E-state index is 0.0886. The van der Waals surface area contributed by atoms with Crippen molar-refractivity contribution in [3.8, 4) is 0 Å². The van der Waals surface area contributed by atoms with Crippen molar-refractivity contribution in [1.82, 2.24) is 0 Å². The molecule has 4 rings (SSSR count). The molecular formula is C24H24FNO2. The molecule has 144 valence electrons. The maximum Gasteiger partial charge on any atom is 0.232 e. The highest BCUT2D eigenvalue weighted by atomic mass is 19.1. The van der Waals surface area contributed by atoms with Gasteiger partial charge in [0.15, 0.2) is 5.78 Å². The summed E-state index contributed by atoms with van der Waals surface area (Å²) in [6.45, 7) is 6.09. The Morgan fingerprint density at radius 1 is 1.04 bits per heavy atom. The number of anilines is 1. The number of rotatable bonds is 2. The van der Waals surface area contributed by atoms with Crippen LogP contribution in [0.3, 0.4) is 0 Å². The molecule has 3 nitrogen and oxygen atoms in total. The largest absolute Gasteiger partial charge is 0.294 e. The average Bonchev–Trinajstić information content (AvgIpc) is 2.60. The Hall–Kier alpha value is -2.75. The fourth-order valence-corrected chi connectivity index (χ4v) is 4.41. The second kappa shape index (κ2) is 6.69. The third-order valence-corrected chi connectivity index (χ3v) is 5.69. The van der Waals surface area contributed by atoms with Crippen LogP contribution in [0.15, 0.2) is 59.8 Å². The summed E-state index contributed by atoms with van der Waals surface area (Å²) in [7, 11) is 0. The zero-order valence-corrected chi connectivity index (χ0v) is 16.5. The Labute approximate surface area is 164 Å². The van der Waals surface area contributed by atoms with Gasteiger partial charge in [-0.1, -0.05) is 49.7 Å². The van der Waals surface area contributed by atoms with E-state index >= 15 is 0 Å². The number of nitrogens with zero attached hydrogens (tertiary/aromatic N) is 1. The quantitative estimate of drug-likeness (QED) is 0.712. The molecule has 1 unspecified atom stereocenters. The first kappa shape index (κ1) is 18.6. The fraction of sp³-hybridized carbons (Fsp3) is 0.333. The van der Waals surface area contributed by atoms with Gasteiger partial charge in [-0.05, 0) is 42.5 Å². The van der Waals surface area contributed by atoms with E-state index < -0.39 is 5.82 Å². The summed E-state index contributed by atoms with van der Waals surface area (Å²) >= 11 is 0. The molecule has 1 aliphatic carbocycles. The van der Waals surface area contributed by atoms with E-state index in [1.54, 1.807) is 17.0 Å². The van der Waals surface area contributed by atoms with Gasteiger partial charge in [-0.2, -0.15) is 0 Å². The number of Topliss-reactive ketones (excluding diaryl/α,β-unsaturated/α-hetero) is 1. The predicted octanol–water partition coefficient (Wildman–Crippen LogP) is 5.30. The molecule has 4 heteroatoms. The molecule has 0 saturated heterocycles. The van der Waals surface area contributed by atoms with Crippen molar-refractivity contribution < 1.29 is 14.0 Å². The first-order valence-corrected chi connectivity index (χ1v) is 9.66. The molecule has 0 fully saturated rings. The SMILES string of the molecule is Cc1ccc(C2CC(=O)N(c3cccc(F)c3)C3=C2C(=O)CC(C)(C)C3)cc1. The van der Waals surface area contributed by atoms with Crippen LogP contribution in [0, 0.1) is 18.2 Å². The molecule has 0 N–H and O–H groups in total. The molecule has 1 heterocycles. The highest BCUT2D eigenvalue weighted by molar-refractivity contribution is 6.07. The maximum absolute atomic E-state index is 13.9. The van der Waals surface area contributed by atoms with E-state index in [0.29, 0.717) is 24.1 Å². The molecule has 2 aromatic rings. The first-order chi connectivity index (χ1) is 13.2. The van der Waals surface area contributed by atoms with E-state index in [1.165, 1.54) is 12.1 Å². The normalized spacial score (nSPS) is 21.7. The number of allylic oxidation sites excluding steroid dienone is 2. The van der Waals surface area contributed by atoms with Crippen LogP contribution in [0.5, 0.6) is 0 Å². The molecule has 1 aliphatic heterocycles. The summed E-state index contributed by atoms with van der Waals surface area (Å²) < 4.78 is 13.9. The van der Waals surface area contributed by atoms with Gasteiger partial charge in [-0.25, -0.2) is 4.39 Å². The lowest BCUT2D eigenvalue weighted by Crippen LogP contribution is -2.43. The van der Waals surface area contributed by atoms with Crippen LogP contribution < -0.4 is 4.90 Å². The summed E-state index contributed by atoms with van der Waals surface area (Å²) in [5.74, 6) is -0.642. The van der Waals surface area contributed by atoms with E-state index in [1.807, 2.05) is 45.0 Å². The topological polar surface area (TPSA) is 37.4 Å². The van der Waals surface area contributed by atoms with Gasteiger partial charge in [0.2, 0.25) is 5.91 Å². The predicted molar refractivity (Wildman–Crippen MR) is 107 cm³/mol. The van der Waals surface area contributed by atoms with Crippen molar-refractivity contribution in [3.63, 3.8) is 0 Å². The molecule has 2 aliphatic rings. The van der Waals surface area contributed by atoms with Crippen molar-refractivity contribution in [2.24, 2.45) is 5.41 Å². The highest BCUT2D eigenvalue weighted by Crippen LogP contribution is 2.48. The molecule has 2 aromatic carbocycles. The van der Waals surface area contributed by atoms with Crippen LogP contribution in [0.25, 0.3) is 0 Å². The van der Waals surface area contributed by atoms with Gasteiger partial charge < -0.3 is 0 Å². The van der Waals surface area contributed by atoms with Crippen LogP contribution in [0.1, 0.15) is 50.2 Å². The summed E-state index contributed by atoms with van der Waals surface area (Å²) in [6, 6.07) is 14.1. The Balaban J connectivity index is 1.89. The number of carbonyl (C=O) groups is 2. The zero-order valence-electron chi connectivity index (χ0n) is 16.5. The Kier molecular flexibility index (Phi) is 4.45. The van der Waals surface area contributed by atoms with E-state index in [9.17, 15) is 14.0 Å². The van der Waals surface area contributed by atoms with Crippen LogP contribution in [-0.2, 0) is 9.59 Å². The number of ketones is 1. The van der Waals surface area contributed by atoms with Gasteiger partial charge in [0.25, 0.3) is 0 Å². The van der Waals surface area contributed by atoms with Crippen molar-refractivity contribution >= 4 is 17.4 Å². The van der Waals surface area contributed by atoms with E-state index in [4.69, 9.17) is 0 Å². The van der Waals surface area contributed by atoms with Crippen molar-refractivity contribution in [3.05, 3.63) is 76.7 Å². The third kappa shape index (κ3) is 3.28. The van der Waals surface area contributed by atoms with Crippen LogP contribution in [0.4, 0.5) is 10.1 Å². The summed E-state index contributed by atoms with van der Waals surface area (Å²) in [5, 5.41) is 0. The van der Waals surface area contributed by atoms with E-state index in [2.05, 4.69) is 0 Å². The Morgan fingerprint density at radius 2 is 1.75 bits per heavy atom. The molecule has 0 spiro atoms. The van der Waals surface area contributed by atoms with Crippen LogP contribution >= 0.6 is 0 Å². The van der Waals surface area contributed by atoms with Gasteiger partial charge in [0, 0.05) is 30.0 Å². The standard InChI is InChI=1S/C24H24FNO2/c1-15-7-9-16(10-8-15)19-12-22(28)26(18-6-4-5-17(25)11-18)20-13-24(2,3)14-21(27)23(19)20/h4-11,19H,12-14H2,1-3H3. The monoisotopic (exact) mass is 377 g/mol. The molecular weight excluding hydrogens is 353 g/mol. The minimum Gasteiger partial charge on any atom is -0.294 e. The molecule has 0 aromatic heterocycles. The van der Waals surface area contributed by atoms with Crippen molar-refractivity contribution in [2.45, 2.75) is 46.0 Å². The van der Waals surface area contributed by atoms with Crippen LogP contribution in [-0.4, -0.2) is 11.7 Å². The number of halogens is 1. The lowest BCUT2D eigenvalue weighted by atomic mass is 9.69. The van der Waals surface area contributed by atoms with Gasteiger partial charge >= 0.3 is 0 Å². The molecule has 0 bridgehead atoms. The fourth-order valence-electron chi connectivity index (χ4n) is 4.41. The second-order valence-corrected chi connectivity index (χ2v) is 8.68. The number of benzene rings is 2. The smallest absolute Gasteiger partial charge is 0.232 e. The first-order valence-electron chi connectivity index (χ1n) is 9.66. The van der Waals surface area contributed by atoms with Crippen LogP contribution in [0.2, 0.25) is 0 Å². The highest BCUT2D eigenvalue weighted by Gasteiger charge is 2.44. The van der Waals surface area contributed by atoms with Crippen molar-refractivity contribution in [1.29, 1.82) is 0 Å². The average molecular weight is 377 g/mol. The zero-order chi connectivity index (χ0) is 20.1. The molecule has 0 radical (unpaired) electrons. The summed E-state index contributed by atoms with van der Waals surface area (Å²) in [6.07, 6.45) is 1.28. The molecule has 1 amide bonds. The Morgan fingerprint density at radius 3 is 2.43 bits per heavy atom. The number of carbonyl (C=O) groups excluding carboxylic acids is 2. The number of amides is 1. The summed E-state index contributed by atoms with van der Waals surface area (Å²) in [5.41, 5.74) is 3.82. The molecule has 1 atom stereocenters. The van der Waals surface area contributed by atoms with Crippen molar-refractivity contribution in [2.75, 3.05) is 4.90 Å². The van der Waals surface area contributed by atoms with Gasteiger partial charge in [0.05, 0.1) is 5.69 Å². The Bertz CT molecular complexity index is 988. The maximum atomic E-state index is 13.9. The lowest BCUT2D eigenvalue weighted by molar-refractivity contribution is -0.121. The molecule has 0 saturated carbocycles. The lowest BCUT2D eigenvalue weighted by Gasteiger charge is -2.43. The number of hydrogen-bond donors (Lipinski definition) is 0. The molecule has 28 heavy (non-hydrogen) atoms. The van der Waals surface area contributed by atoms with Gasteiger partial charge in [0.1, 0.15) is 5.82 Å². The van der Waals surface area contributed by atoms with Gasteiger partial charge in [-0.15, -0.1) is 0 Å². The summed E-state index contributed by atoms with van der Waals surface area (Å²) in [4.78, 5) is 27.9. The minimum atomic E-state index is -0.394. The second-order valence-electron chi connectivity index (χ2n) is 8.68. The number of aryl methyl sites for hydroxylation is 1. The van der Waals surface area contributed by atoms with E-state index in [0.717, 1.165) is 16.8 Å². The van der Waals surface area contributed by atoms with E-state index in [-0.39, 0.29) is 29.4 Å². The van der Waals surface area contributed by atoms with Gasteiger partial charge in [-0.3, -0.25) is 14.5 Å². The third-order valence-electron chi connectivity index (χ3n) is 5.69.